The van der Waals surface area contributed by atoms with E-state index in [1.165, 1.54) is 6.20 Å². The van der Waals surface area contributed by atoms with Crippen LogP contribution in [0, 0.1) is 5.41 Å². The molecule has 0 aliphatic carbocycles. The number of carbonyl (C=O) groups excluding carboxylic acids is 1. The number of anilines is 3. The van der Waals surface area contributed by atoms with Crippen molar-refractivity contribution in [2.75, 3.05) is 10.6 Å². The van der Waals surface area contributed by atoms with E-state index < -0.39 is 11.7 Å². The first-order valence-electron chi connectivity index (χ1n) is 7.17. The SMILES string of the molecule is CC(C)(C)OC(=O)Nc1ccc(Nc2ccnc(Cl)n2)cc1C=N. The molecule has 1 heterocycles. The summed E-state index contributed by atoms with van der Waals surface area (Å²) in [6.45, 7) is 5.35. The van der Waals surface area contributed by atoms with Crippen LogP contribution in [0.1, 0.15) is 26.3 Å². The monoisotopic (exact) mass is 347 g/mol. The van der Waals surface area contributed by atoms with Crippen LogP contribution in [0.4, 0.5) is 22.0 Å². The molecule has 1 amide bonds. The zero-order valence-electron chi connectivity index (χ0n) is 13.6. The Kier molecular flexibility index (Phi) is 5.35. The first kappa shape index (κ1) is 17.7. The second-order valence-corrected chi connectivity index (χ2v) is 6.25. The standard InChI is InChI=1S/C16H18ClN5O2/c1-16(2,3)24-15(23)21-12-5-4-11(8-10(12)9-18)20-13-6-7-19-14(17)22-13/h4-9,18H,1-3H3,(H,21,23)(H,19,20,22). The van der Waals surface area contributed by atoms with Crippen molar-refractivity contribution < 1.29 is 9.53 Å². The Labute approximate surface area is 144 Å². The Hall–Kier alpha value is -2.67. The van der Waals surface area contributed by atoms with Gasteiger partial charge in [-0.3, -0.25) is 5.32 Å². The van der Waals surface area contributed by atoms with Crippen LogP contribution in [0.2, 0.25) is 5.28 Å². The first-order chi connectivity index (χ1) is 11.3. The lowest BCUT2D eigenvalue weighted by molar-refractivity contribution is 0.0636. The van der Waals surface area contributed by atoms with Crippen molar-refractivity contribution in [3.8, 4) is 0 Å². The van der Waals surface area contributed by atoms with E-state index in [2.05, 4.69) is 20.6 Å². The molecule has 0 atom stereocenters. The van der Waals surface area contributed by atoms with Crippen LogP contribution in [0.25, 0.3) is 0 Å². The van der Waals surface area contributed by atoms with Crippen molar-refractivity contribution in [3.63, 3.8) is 0 Å². The first-order valence-corrected chi connectivity index (χ1v) is 7.55. The summed E-state index contributed by atoms with van der Waals surface area (Å²) in [5, 5.41) is 13.3. The number of benzene rings is 1. The number of halogens is 1. The Morgan fingerprint density at radius 3 is 2.71 bits per heavy atom. The summed E-state index contributed by atoms with van der Waals surface area (Å²) in [5.74, 6) is 0.527. The number of nitrogens with one attached hydrogen (secondary N) is 3. The van der Waals surface area contributed by atoms with Crippen LogP contribution in [0.3, 0.4) is 0 Å². The van der Waals surface area contributed by atoms with E-state index in [0.717, 1.165) is 6.21 Å². The molecule has 2 rings (SSSR count). The summed E-state index contributed by atoms with van der Waals surface area (Å²) in [7, 11) is 0. The van der Waals surface area contributed by atoms with Gasteiger partial charge in [-0.2, -0.15) is 0 Å². The summed E-state index contributed by atoms with van der Waals surface area (Å²) >= 11 is 5.75. The van der Waals surface area contributed by atoms with Crippen molar-refractivity contribution in [3.05, 3.63) is 41.3 Å². The molecule has 0 saturated carbocycles. The second kappa shape index (κ2) is 7.27. The molecule has 7 nitrogen and oxygen atoms in total. The van der Waals surface area contributed by atoms with Crippen LogP contribution >= 0.6 is 11.6 Å². The van der Waals surface area contributed by atoms with E-state index in [9.17, 15) is 4.79 Å². The minimum atomic E-state index is -0.595. The molecule has 126 valence electrons. The highest BCUT2D eigenvalue weighted by Crippen LogP contribution is 2.22. The Bertz CT molecular complexity index is 758. The van der Waals surface area contributed by atoms with Crippen LogP contribution in [-0.2, 0) is 4.74 Å². The molecule has 0 fully saturated rings. The average molecular weight is 348 g/mol. The number of hydrogen-bond acceptors (Lipinski definition) is 6. The number of hydrogen-bond donors (Lipinski definition) is 3. The smallest absolute Gasteiger partial charge is 0.412 e. The van der Waals surface area contributed by atoms with Gasteiger partial charge in [0.15, 0.2) is 0 Å². The van der Waals surface area contributed by atoms with Crippen LogP contribution in [-0.4, -0.2) is 27.9 Å². The lowest BCUT2D eigenvalue weighted by Crippen LogP contribution is -2.27. The number of rotatable bonds is 4. The summed E-state index contributed by atoms with van der Waals surface area (Å²) in [6.07, 6.45) is 2.10. The predicted molar refractivity (Wildman–Crippen MR) is 94.5 cm³/mol. The summed E-state index contributed by atoms with van der Waals surface area (Å²) in [6, 6.07) is 6.80. The van der Waals surface area contributed by atoms with Gasteiger partial charge in [0.2, 0.25) is 5.28 Å². The molecule has 0 radical (unpaired) electrons. The zero-order valence-corrected chi connectivity index (χ0v) is 14.3. The molecule has 0 aliphatic rings. The average Bonchev–Trinajstić information content (AvgIpc) is 2.47. The second-order valence-electron chi connectivity index (χ2n) is 5.91. The third kappa shape index (κ3) is 5.20. The van der Waals surface area contributed by atoms with E-state index in [4.69, 9.17) is 21.7 Å². The lowest BCUT2D eigenvalue weighted by Gasteiger charge is -2.20. The fourth-order valence-electron chi connectivity index (χ4n) is 1.84. The van der Waals surface area contributed by atoms with E-state index in [1.54, 1.807) is 45.0 Å². The number of nitrogens with zero attached hydrogens (tertiary/aromatic N) is 2. The number of amides is 1. The van der Waals surface area contributed by atoms with Gasteiger partial charge in [0.05, 0.1) is 5.69 Å². The maximum Gasteiger partial charge on any atom is 0.412 e. The quantitative estimate of drug-likeness (QED) is 0.568. The van der Waals surface area contributed by atoms with Gasteiger partial charge >= 0.3 is 6.09 Å². The fraction of sp³-hybridized carbons (Fsp3) is 0.250. The van der Waals surface area contributed by atoms with Gasteiger partial charge in [0.1, 0.15) is 11.4 Å². The molecule has 0 aliphatic heterocycles. The topological polar surface area (TPSA) is 100.0 Å². The number of ether oxygens (including phenoxy) is 1. The van der Waals surface area contributed by atoms with Crippen molar-refractivity contribution in [2.24, 2.45) is 0 Å². The molecule has 3 N–H and O–H groups in total. The molecule has 0 saturated heterocycles. The van der Waals surface area contributed by atoms with Gasteiger partial charge in [-0.05, 0) is 56.6 Å². The van der Waals surface area contributed by atoms with E-state index in [0.29, 0.717) is 22.8 Å². The molecule has 24 heavy (non-hydrogen) atoms. The van der Waals surface area contributed by atoms with Crippen molar-refractivity contribution >= 4 is 41.1 Å². The molecule has 1 aromatic heterocycles. The molecule has 8 heteroatoms. The van der Waals surface area contributed by atoms with Gasteiger partial charge in [-0.15, -0.1) is 0 Å². The molecule has 0 unspecified atom stereocenters. The van der Waals surface area contributed by atoms with Crippen molar-refractivity contribution in [1.82, 2.24) is 9.97 Å². The lowest BCUT2D eigenvalue weighted by atomic mass is 10.1. The van der Waals surface area contributed by atoms with Crippen molar-refractivity contribution in [2.45, 2.75) is 26.4 Å². The maximum atomic E-state index is 11.9. The van der Waals surface area contributed by atoms with Crippen LogP contribution in [0.15, 0.2) is 30.5 Å². The van der Waals surface area contributed by atoms with Crippen LogP contribution < -0.4 is 10.6 Å². The Morgan fingerprint density at radius 2 is 2.08 bits per heavy atom. The highest BCUT2D eigenvalue weighted by Gasteiger charge is 2.17. The third-order valence-corrected chi connectivity index (χ3v) is 2.92. The summed E-state index contributed by atoms with van der Waals surface area (Å²) in [4.78, 5) is 19.7. The van der Waals surface area contributed by atoms with Gasteiger partial charge in [0, 0.05) is 23.7 Å². The molecule has 0 spiro atoms. The van der Waals surface area contributed by atoms with Gasteiger partial charge in [0.25, 0.3) is 0 Å². The molecule has 1 aromatic carbocycles. The highest BCUT2D eigenvalue weighted by atomic mass is 35.5. The predicted octanol–water partition coefficient (Wildman–Crippen LogP) is 4.22. The summed E-state index contributed by atoms with van der Waals surface area (Å²) < 4.78 is 5.21. The normalized spacial score (nSPS) is 10.8. The van der Waals surface area contributed by atoms with Gasteiger partial charge < -0.3 is 15.5 Å². The zero-order chi connectivity index (χ0) is 17.7. The van der Waals surface area contributed by atoms with E-state index in [1.807, 2.05) is 0 Å². The van der Waals surface area contributed by atoms with Crippen LogP contribution in [0.5, 0.6) is 0 Å². The fourth-order valence-corrected chi connectivity index (χ4v) is 1.99. The Balaban J connectivity index is 2.15. The maximum absolute atomic E-state index is 11.9. The largest absolute Gasteiger partial charge is 0.444 e. The highest BCUT2D eigenvalue weighted by molar-refractivity contribution is 6.28. The molecule has 0 bridgehead atoms. The third-order valence-electron chi connectivity index (χ3n) is 2.74. The van der Waals surface area contributed by atoms with Gasteiger partial charge in [-0.1, -0.05) is 0 Å². The van der Waals surface area contributed by atoms with Gasteiger partial charge in [-0.25, -0.2) is 14.8 Å². The van der Waals surface area contributed by atoms with E-state index >= 15 is 0 Å². The Morgan fingerprint density at radius 1 is 1.33 bits per heavy atom. The molecular formula is C16H18ClN5O2. The summed E-state index contributed by atoms with van der Waals surface area (Å²) in [5.41, 5.74) is 1.09. The minimum Gasteiger partial charge on any atom is -0.444 e. The molecular weight excluding hydrogens is 330 g/mol. The van der Waals surface area contributed by atoms with E-state index in [-0.39, 0.29) is 5.28 Å². The number of carbonyl (C=O) groups is 1. The van der Waals surface area contributed by atoms with Crippen molar-refractivity contribution in [1.29, 1.82) is 5.41 Å². The minimum absolute atomic E-state index is 0.135. The number of aromatic nitrogens is 2. The molecule has 2 aromatic rings.